The lowest BCUT2D eigenvalue weighted by molar-refractivity contribution is 0.527. The molecule has 0 aliphatic rings. The van der Waals surface area contributed by atoms with Crippen LogP contribution in [0.2, 0.25) is 0 Å². The van der Waals surface area contributed by atoms with Crippen LogP contribution >= 0.6 is 15.9 Å². The van der Waals surface area contributed by atoms with Crippen LogP contribution in [0.15, 0.2) is 0 Å². The summed E-state index contributed by atoms with van der Waals surface area (Å²) < 4.78 is 0. The Morgan fingerprint density at radius 2 is 2.22 bits per heavy atom. The van der Waals surface area contributed by atoms with Gasteiger partial charge in [-0.05, 0) is 13.3 Å². The summed E-state index contributed by atoms with van der Waals surface area (Å²) in [5.41, 5.74) is 0. The standard InChI is InChI=1S/C7H16BrN/c1-3-4-7(2)9-6-5-8/h7,9H,3-6H2,1-2H3. The second-order valence-corrected chi connectivity index (χ2v) is 3.13. The van der Waals surface area contributed by atoms with Gasteiger partial charge in [0.1, 0.15) is 0 Å². The lowest BCUT2D eigenvalue weighted by Crippen LogP contribution is -2.27. The molecule has 2 heteroatoms. The molecule has 0 aliphatic carbocycles. The third-order valence-electron chi connectivity index (χ3n) is 1.31. The zero-order valence-electron chi connectivity index (χ0n) is 6.28. The van der Waals surface area contributed by atoms with Crippen LogP contribution in [0.4, 0.5) is 0 Å². The zero-order chi connectivity index (χ0) is 7.11. The van der Waals surface area contributed by atoms with Crippen LogP contribution in [0.25, 0.3) is 0 Å². The van der Waals surface area contributed by atoms with Crippen molar-refractivity contribution in [2.45, 2.75) is 32.7 Å². The van der Waals surface area contributed by atoms with Crippen molar-refractivity contribution >= 4 is 15.9 Å². The Hall–Kier alpha value is 0.440. The maximum absolute atomic E-state index is 3.39. The molecular weight excluding hydrogens is 178 g/mol. The number of alkyl halides is 1. The van der Waals surface area contributed by atoms with Gasteiger partial charge in [0, 0.05) is 17.9 Å². The van der Waals surface area contributed by atoms with Crippen molar-refractivity contribution in [3.05, 3.63) is 0 Å². The van der Waals surface area contributed by atoms with Crippen LogP contribution in [-0.2, 0) is 0 Å². The van der Waals surface area contributed by atoms with Gasteiger partial charge in [0.05, 0.1) is 0 Å². The van der Waals surface area contributed by atoms with Gasteiger partial charge < -0.3 is 5.32 Å². The van der Waals surface area contributed by atoms with Crippen LogP contribution in [-0.4, -0.2) is 17.9 Å². The predicted molar refractivity (Wildman–Crippen MR) is 46.2 cm³/mol. The van der Waals surface area contributed by atoms with E-state index in [1.54, 1.807) is 0 Å². The zero-order valence-corrected chi connectivity index (χ0v) is 7.87. The first-order valence-corrected chi connectivity index (χ1v) is 4.72. The Morgan fingerprint density at radius 1 is 1.56 bits per heavy atom. The molecule has 56 valence electrons. The average Bonchev–Trinajstić information content (AvgIpc) is 1.85. The molecule has 0 amide bonds. The fourth-order valence-electron chi connectivity index (χ4n) is 0.836. The van der Waals surface area contributed by atoms with Gasteiger partial charge in [0.25, 0.3) is 0 Å². The lowest BCUT2D eigenvalue weighted by atomic mass is 10.2. The summed E-state index contributed by atoms with van der Waals surface area (Å²) in [6.45, 7) is 5.53. The molecule has 0 radical (unpaired) electrons. The minimum atomic E-state index is 0.688. The molecule has 1 nitrogen and oxygen atoms in total. The molecule has 0 aromatic rings. The highest BCUT2D eigenvalue weighted by atomic mass is 79.9. The van der Waals surface area contributed by atoms with Crippen molar-refractivity contribution in [1.29, 1.82) is 0 Å². The largest absolute Gasteiger partial charge is 0.313 e. The van der Waals surface area contributed by atoms with E-state index in [0.29, 0.717) is 6.04 Å². The maximum Gasteiger partial charge on any atom is 0.0157 e. The Kier molecular flexibility index (Phi) is 6.88. The van der Waals surface area contributed by atoms with Gasteiger partial charge in [-0.3, -0.25) is 0 Å². The van der Waals surface area contributed by atoms with Gasteiger partial charge in [-0.1, -0.05) is 29.3 Å². The molecule has 0 heterocycles. The fraction of sp³-hybridized carbons (Fsp3) is 1.00. The molecule has 0 bridgehead atoms. The van der Waals surface area contributed by atoms with Crippen LogP contribution in [0.5, 0.6) is 0 Å². The number of hydrogen-bond donors (Lipinski definition) is 1. The number of rotatable bonds is 5. The normalized spacial score (nSPS) is 13.7. The van der Waals surface area contributed by atoms with E-state index in [1.807, 2.05) is 0 Å². The second-order valence-electron chi connectivity index (χ2n) is 2.33. The van der Waals surface area contributed by atoms with E-state index in [0.717, 1.165) is 11.9 Å². The smallest absolute Gasteiger partial charge is 0.0157 e. The van der Waals surface area contributed by atoms with Crippen molar-refractivity contribution in [3.63, 3.8) is 0 Å². The van der Waals surface area contributed by atoms with Gasteiger partial charge in [-0.2, -0.15) is 0 Å². The molecule has 0 saturated carbocycles. The minimum Gasteiger partial charge on any atom is -0.313 e. The van der Waals surface area contributed by atoms with Crippen LogP contribution in [0.3, 0.4) is 0 Å². The molecule has 0 aromatic carbocycles. The molecule has 9 heavy (non-hydrogen) atoms. The molecule has 0 fully saturated rings. The summed E-state index contributed by atoms with van der Waals surface area (Å²) in [6.07, 6.45) is 2.56. The molecule has 0 spiro atoms. The highest BCUT2D eigenvalue weighted by molar-refractivity contribution is 9.09. The third kappa shape index (κ3) is 6.32. The van der Waals surface area contributed by atoms with Gasteiger partial charge in [-0.15, -0.1) is 0 Å². The SMILES string of the molecule is CCCC(C)NCCBr. The highest BCUT2D eigenvalue weighted by Gasteiger charge is 1.95. The lowest BCUT2D eigenvalue weighted by Gasteiger charge is -2.09. The summed E-state index contributed by atoms with van der Waals surface area (Å²) in [4.78, 5) is 0. The van der Waals surface area contributed by atoms with Crippen LogP contribution in [0.1, 0.15) is 26.7 Å². The molecule has 0 aromatic heterocycles. The monoisotopic (exact) mass is 193 g/mol. The minimum absolute atomic E-state index is 0.688. The van der Waals surface area contributed by atoms with Crippen LogP contribution in [0, 0.1) is 0 Å². The van der Waals surface area contributed by atoms with Crippen LogP contribution < -0.4 is 5.32 Å². The number of halogens is 1. The first-order chi connectivity index (χ1) is 4.31. The van der Waals surface area contributed by atoms with E-state index in [2.05, 4.69) is 35.1 Å². The van der Waals surface area contributed by atoms with Crippen molar-refractivity contribution in [2.75, 3.05) is 11.9 Å². The topological polar surface area (TPSA) is 12.0 Å². The third-order valence-corrected chi connectivity index (χ3v) is 1.71. The Balaban J connectivity index is 2.95. The summed E-state index contributed by atoms with van der Waals surface area (Å²) in [5.74, 6) is 0. The molecule has 1 unspecified atom stereocenters. The second kappa shape index (κ2) is 6.56. The first-order valence-electron chi connectivity index (χ1n) is 3.60. The maximum atomic E-state index is 3.39. The van der Waals surface area contributed by atoms with Crippen molar-refractivity contribution < 1.29 is 0 Å². The quantitative estimate of drug-likeness (QED) is 0.661. The van der Waals surface area contributed by atoms with E-state index >= 15 is 0 Å². The molecule has 1 atom stereocenters. The molecule has 0 aliphatic heterocycles. The van der Waals surface area contributed by atoms with Gasteiger partial charge in [0.15, 0.2) is 0 Å². The van der Waals surface area contributed by atoms with Crippen molar-refractivity contribution in [1.82, 2.24) is 5.32 Å². The van der Waals surface area contributed by atoms with E-state index in [1.165, 1.54) is 12.8 Å². The van der Waals surface area contributed by atoms with Gasteiger partial charge in [0.2, 0.25) is 0 Å². The molecule has 0 saturated heterocycles. The van der Waals surface area contributed by atoms with E-state index in [9.17, 15) is 0 Å². The molecule has 0 rings (SSSR count). The molecular formula is C7H16BrN. The Morgan fingerprint density at radius 3 is 2.67 bits per heavy atom. The highest BCUT2D eigenvalue weighted by Crippen LogP contribution is 1.93. The molecule has 1 N–H and O–H groups in total. The first kappa shape index (κ1) is 9.44. The van der Waals surface area contributed by atoms with Gasteiger partial charge in [-0.25, -0.2) is 0 Å². The summed E-state index contributed by atoms with van der Waals surface area (Å²) in [6, 6.07) is 0.688. The van der Waals surface area contributed by atoms with Crippen molar-refractivity contribution in [3.8, 4) is 0 Å². The summed E-state index contributed by atoms with van der Waals surface area (Å²) in [5, 5.41) is 4.44. The average molecular weight is 194 g/mol. The van der Waals surface area contributed by atoms with Crippen molar-refractivity contribution in [2.24, 2.45) is 0 Å². The number of nitrogens with one attached hydrogen (secondary N) is 1. The van der Waals surface area contributed by atoms with Gasteiger partial charge >= 0.3 is 0 Å². The van der Waals surface area contributed by atoms with E-state index in [4.69, 9.17) is 0 Å². The summed E-state index contributed by atoms with van der Waals surface area (Å²) in [7, 11) is 0. The van der Waals surface area contributed by atoms with E-state index in [-0.39, 0.29) is 0 Å². The number of hydrogen-bond acceptors (Lipinski definition) is 1. The fourth-order valence-corrected chi connectivity index (χ4v) is 1.06. The van der Waals surface area contributed by atoms with E-state index < -0.39 is 0 Å². The predicted octanol–water partition coefficient (Wildman–Crippen LogP) is 2.16. The summed E-state index contributed by atoms with van der Waals surface area (Å²) >= 11 is 3.37. The Labute approximate surface area is 66.3 Å². The Bertz CT molecular complexity index is 56.9.